The highest BCUT2D eigenvalue weighted by molar-refractivity contribution is 6.07. The lowest BCUT2D eigenvalue weighted by atomic mass is 10.0. The van der Waals surface area contributed by atoms with Crippen molar-refractivity contribution in [1.82, 2.24) is 0 Å². The second-order valence-corrected chi connectivity index (χ2v) is 4.89. The van der Waals surface area contributed by atoms with Gasteiger partial charge in [0.1, 0.15) is 6.29 Å². The monoisotopic (exact) mass is 322 g/mol. The predicted molar refractivity (Wildman–Crippen MR) is 94.5 cm³/mol. The maximum absolute atomic E-state index is 12.2. The zero-order valence-corrected chi connectivity index (χ0v) is 13.6. The van der Waals surface area contributed by atoms with Gasteiger partial charge in [0.2, 0.25) is 0 Å². The third-order valence-corrected chi connectivity index (χ3v) is 3.42. The molecule has 0 aliphatic rings. The number of methoxy groups -OCH3 is 2. The Bertz CT molecular complexity index is 774. The Morgan fingerprint density at radius 2 is 1.50 bits per heavy atom. The molecule has 0 atom stereocenters. The van der Waals surface area contributed by atoms with Gasteiger partial charge in [-0.15, -0.1) is 0 Å². The average Bonchev–Trinajstić information content (AvgIpc) is 2.64. The second kappa shape index (κ2) is 8.48. The highest BCUT2D eigenvalue weighted by Gasteiger charge is 2.08. The van der Waals surface area contributed by atoms with Crippen LogP contribution in [0.4, 0.5) is 0 Å². The maximum Gasteiger partial charge on any atom is 0.185 e. The molecular weight excluding hydrogens is 304 g/mol. The van der Waals surface area contributed by atoms with Crippen LogP contribution in [0.25, 0.3) is 12.2 Å². The van der Waals surface area contributed by atoms with Crippen LogP contribution in [0.3, 0.4) is 0 Å². The van der Waals surface area contributed by atoms with Gasteiger partial charge in [-0.3, -0.25) is 9.59 Å². The van der Waals surface area contributed by atoms with Crippen molar-refractivity contribution in [2.24, 2.45) is 0 Å². The summed E-state index contributed by atoms with van der Waals surface area (Å²) in [4.78, 5) is 22.8. The number of benzene rings is 2. The molecular formula is C20H18O4. The highest BCUT2D eigenvalue weighted by atomic mass is 16.5. The molecule has 2 aromatic rings. The standard InChI is InChI=1S/C20H18O4/c1-23-19-13-16(9-6-12-21)17(14-20(19)24-2)10-11-18(22)15-7-4-3-5-8-15/h3-14H,1-2H3/b9-6+,11-10+. The summed E-state index contributed by atoms with van der Waals surface area (Å²) in [6, 6.07) is 12.5. The number of allylic oxidation sites excluding steroid dienone is 2. The highest BCUT2D eigenvalue weighted by Crippen LogP contribution is 2.32. The summed E-state index contributed by atoms with van der Waals surface area (Å²) in [6.07, 6.45) is 6.93. The molecule has 0 heterocycles. The molecule has 0 bridgehead atoms. The minimum Gasteiger partial charge on any atom is -0.493 e. The van der Waals surface area contributed by atoms with Gasteiger partial charge in [-0.2, -0.15) is 0 Å². The molecule has 4 heteroatoms. The van der Waals surface area contributed by atoms with E-state index in [1.165, 1.54) is 12.2 Å². The van der Waals surface area contributed by atoms with E-state index >= 15 is 0 Å². The van der Waals surface area contributed by atoms with Gasteiger partial charge in [0, 0.05) is 5.56 Å². The molecule has 0 fully saturated rings. The quantitative estimate of drug-likeness (QED) is 0.442. The molecule has 2 aromatic carbocycles. The summed E-state index contributed by atoms with van der Waals surface area (Å²) in [5.74, 6) is 0.998. The van der Waals surface area contributed by atoms with Gasteiger partial charge in [0.25, 0.3) is 0 Å². The SMILES string of the molecule is COc1cc(/C=C/C=O)c(/C=C/C(=O)c2ccccc2)cc1OC. The summed E-state index contributed by atoms with van der Waals surface area (Å²) in [5, 5.41) is 0. The van der Waals surface area contributed by atoms with Crippen molar-refractivity contribution in [1.29, 1.82) is 0 Å². The zero-order valence-electron chi connectivity index (χ0n) is 13.6. The zero-order chi connectivity index (χ0) is 17.4. The average molecular weight is 322 g/mol. The van der Waals surface area contributed by atoms with Gasteiger partial charge in [-0.1, -0.05) is 42.5 Å². The first-order chi connectivity index (χ1) is 11.7. The smallest absolute Gasteiger partial charge is 0.185 e. The summed E-state index contributed by atoms with van der Waals surface area (Å²) in [6.45, 7) is 0. The van der Waals surface area contributed by atoms with Crippen LogP contribution >= 0.6 is 0 Å². The predicted octanol–water partition coefficient (Wildman–Crippen LogP) is 3.81. The Labute approximate surface area is 141 Å². The second-order valence-electron chi connectivity index (χ2n) is 4.89. The molecule has 0 unspecified atom stereocenters. The third kappa shape index (κ3) is 4.20. The fourth-order valence-electron chi connectivity index (χ4n) is 2.21. The van der Waals surface area contributed by atoms with Crippen LogP contribution in [0.15, 0.2) is 54.6 Å². The van der Waals surface area contributed by atoms with Crippen LogP contribution in [0.1, 0.15) is 21.5 Å². The summed E-state index contributed by atoms with van der Waals surface area (Å²) < 4.78 is 10.6. The van der Waals surface area contributed by atoms with Crippen molar-refractivity contribution in [2.45, 2.75) is 0 Å². The topological polar surface area (TPSA) is 52.6 Å². The minimum atomic E-state index is -0.101. The molecule has 0 saturated carbocycles. The first-order valence-corrected chi connectivity index (χ1v) is 7.35. The number of hydrogen-bond donors (Lipinski definition) is 0. The van der Waals surface area contributed by atoms with E-state index < -0.39 is 0 Å². The molecule has 0 saturated heterocycles. The van der Waals surface area contributed by atoms with Gasteiger partial charge in [0.05, 0.1) is 14.2 Å². The normalized spacial score (nSPS) is 10.9. The Morgan fingerprint density at radius 3 is 2.04 bits per heavy atom. The van der Waals surface area contributed by atoms with Crippen LogP contribution < -0.4 is 9.47 Å². The molecule has 24 heavy (non-hydrogen) atoms. The molecule has 4 nitrogen and oxygen atoms in total. The number of aldehydes is 1. The van der Waals surface area contributed by atoms with E-state index in [-0.39, 0.29) is 5.78 Å². The van der Waals surface area contributed by atoms with Crippen LogP contribution in [-0.2, 0) is 4.79 Å². The van der Waals surface area contributed by atoms with Crippen molar-refractivity contribution in [2.75, 3.05) is 14.2 Å². The first-order valence-electron chi connectivity index (χ1n) is 7.35. The van der Waals surface area contributed by atoms with E-state index in [9.17, 15) is 9.59 Å². The number of ketones is 1. The molecule has 122 valence electrons. The lowest BCUT2D eigenvalue weighted by Gasteiger charge is -2.11. The minimum absolute atomic E-state index is 0.101. The molecule has 0 spiro atoms. The summed E-state index contributed by atoms with van der Waals surface area (Å²) in [5.41, 5.74) is 2.10. The molecule has 0 aromatic heterocycles. The van der Waals surface area contributed by atoms with Crippen molar-refractivity contribution < 1.29 is 19.1 Å². The van der Waals surface area contributed by atoms with Gasteiger partial charge in [-0.05, 0) is 35.4 Å². The molecule has 0 aliphatic carbocycles. The van der Waals surface area contributed by atoms with Crippen molar-refractivity contribution in [3.05, 3.63) is 71.3 Å². The number of hydrogen-bond acceptors (Lipinski definition) is 4. The van der Waals surface area contributed by atoms with Crippen LogP contribution in [0.2, 0.25) is 0 Å². The third-order valence-electron chi connectivity index (χ3n) is 3.42. The van der Waals surface area contributed by atoms with E-state index in [2.05, 4.69) is 0 Å². The van der Waals surface area contributed by atoms with Crippen LogP contribution in [0, 0.1) is 0 Å². The Balaban J connectivity index is 2.40. The summed E-state index contributed by atoms with van der Waals surface area (Å²) >= 11 is 0. The van der Waals surface area contributed by atoms with Gasteiger partial charge >= 0.3 is 0 Å². The molecule has 0 aliphatic heterocycles. The first kappa shape index (κ1) is 17.2. The Hall–Kier alpha value is -3.14. The van der Waals surface area contributed by atoms with E-state index in [0.717, 1.165) is 11.1 Å². The van der Waals surface area contributed by atoms with Crippen LogP contribution in [-0.4, -0.2) is 26.3 Å². The fraction of sp³-hybridized carbons (Fsp3) is 0.100. The molecule has 0 N–H and O–H groups in total. The Morgan fingerprint density at radius 1 is 0.917 bits per heavy atom. The van der Waals surface area contributed by atoms with Crippen molar-refractivity contribution in [3.8, 4) is 11.5 Å². The largest absolute Gasteiger partial charge is 0.493 e. The van der Waals surface area contributed by atoms with E-state index in [0.29, 0.717) is 23.3 Å². The maximum atomic E-state index is 12.2. The van der Waals surface area contributed by atoms with E-state index in [4.69, 9.17) is 9.47 Å². The van der Waals surface area contributed by atoms with Gasteiger partial charge in [0.15, 0.2) is 17.3 Å². The van der Waals surface area contributed by atoms with Gasteiger partial charge in [-0.25, -0.2) is 0 Å². The lowest BCUT2D eigenvalue weighted by molar-refractivity contribution is -0.104. The summed E-state index contributed by atoms with van der Waals surface area (Å²) in [7, 11) is 3.08. The van der Waals surface area contributed by atoms with Crippen molar-refractivity contribution >= 4 is 24.2 Å². The van der Waals surface area contributed by atoms with Crippen LogP contribution in [0.5, 0.6) is 11.5 Å². The molecule has 0 amide bonds. The van der Waals surface area contributed by atoms with Gasteiger partial charge < -0.3 is 9.47 Å². The number of carbonyl (C=O) groups is 2. The Kier molecular flexibility index (Phi) is 6.08. The van der Waals surface area contributed by atoms with E-state index in [1.54, 1.807) is 50.6 Å². The molecule has 0 radical (unpaired) electrons. The lowest BCUT2D eigenvalue weighted by Crippen LogP contribution is -1.95. The molecule has 2 rings (SSSR count). The fourth-order valence-corrected chi connectivity index (χ4v) is 2.21. The number of carbonyl (C=O) groups excluding carboxylic acids is 2. The van der Waals surface area contributed by atoms with E-state index in [1.807, 2.05) is 18.2 Å². The number of ether oxygens (including phenoxy) is 2. The van der Waals surface area contributed by atoms with Crippen molar-refractivity contribution in [3.63, 3.8) is 0 Å². The number of rotatable bonds is 7.